The van der Waals surface area contributed by atoms with Crippen LogP contribution in [0.3, 0.4) is 0 Å². The van der Waals surface area contributed by atoms with Gasteiger partial charge in [0.05, 0.1) is 11.4 Å². The Labute approximate surface area is 157 Å². The Morgan fingerprint density at radius 1 is 1.23 bits per heavy atom. The van der Waals surface area contributed by atoms with E-state index in [1.165, 1.54) is 31.9 Å². The minimum Gasteiger partial charge on any atom is -0.357 e. The number of aliphatic imine (C=N–C) groups is 1. The molecule has 1 aliphatic carbocycles. The van der Waals surface area contributed by atoms with Crippen LogP contribution in [0.25, 0.3) is 0 Å². The summed E-state index contributed by atoms with van der Waals surface area (Å²) in [7, 11) is -3.18. The van der Waals surface area contributed by atoms with Crippen molar-refractivity contribution in [2.75, 3.05) is 19.3 Å². The molecule has 0 heterocycles. The zero-order chi connectivity index (χ0) is 19.0. The fourth-order valence-electron chi connectivity index (χ4n) is 3.21. The molecular weight excluding hydrogens is 346 g/mol. The third-order valence-corrected chi connectivity index (χ3v) is 5.78. The third kappa shape index (κ3) is 6.48. The highest BCUT2D eigenvalue weighted by atomic mass is 32.2. The average molecular weight is 378 g/mol. The van der Waals surface area contributed by atoms with Gasteiger partial charge in [-0.05, 0) is 63.1 Å². The number of sulfone groups is 1. The maximum atomic E-state index is 11.7. The van der Waals surface area contributed by atoms with E-state index in [-0.39, 0.29) is 0 Å². The second-order valence-corrected chi connectivity index (χ2v) is 8.84. The van der Waals surface area contributed by atoms with Crippen LogP contribution in [0, 0.1) is 6.92 Å². The van der Waals surface area contributed by atoms with Crippen molar-refractivity contribution >= 4 is 15.8 Å². The smallest absolute Gasteiger partial charge is 0.191 e. The van der Waals surface area contributed by atoms with Crippen molar-refractivity contribution in [1.29, 1.82) is 0 Å². The predicted molar refractivity (Wildman–Crippen MR) is 108 cm³/mol. The molecule has 0 saturated carbocycles. The topological polar surface area (TPSA) is 70.6 Å². The standard InChI is InChI=1S/C20H31N3O2S/c1-4-21-20(22-13-12-17-8-6-5-7-9-17)23-15-18-10-11-19(16(2)14-18)26(3,24)25/h8,10-11,14H,4-7,9,12-13,15H2,1-3H3,(H2,21,22,23). The molecule has 0 spiro atoms. The van der Waals surface area contributed by atoms with Gasteiger partial charge in [-0.25, -0.2) is 13.4 Å². The van der Waals surface area contributed by atoms with E-state index in [0.29, 0.717) is 11.4 Å². The number of rotatable bonds is 7. The summed E-state index contributed by atoms with van der Waals surface area (Å²) in [5, 5.41) is 6.66. The molecule has 0 bridgehead atoms. The van der Waals surface area contributed by atoms with Crippen molar-refractivity contribution < 1.29 is 8.42 Å². The Bertz CT molecular complexity index is 767. The first-order valence-electron chi connectivity index (χ1n) is 9.40. The number of allylic oxidation sites excluding steroid dienone is 1. The van der Waals surface area contributed by atoms with E-state index < -0.39 is 9.84 Å². The van der Waals surface area contributed by atoms with Crippen LogP contribution in [-0.2, 0) is 16.4 Å². The van der Waals surface area contributed by atoms with Crippen LogP contribution in [-0.4, -0.2) is 33.7 Å². The van der Waals surface area contributed by atoms with E-state index >= 15 is 0 Å². The Morgan fingerprint density at radius 2 is 2.04 bits per heavy atom. The largest absolute Gasteiger partial charge is 0.357 e. The fraction of sp³-hybridized carbons (Fsp3) is 0.550. The zero-order valence-corrected chi connectivity index (χ0v) is 17.0. The Morgan fingerprint density at radius 3 is 2.65 bits per heavy atom. The Kier molecular flexibility index (Phi) is 7.69. The highest BCUT2D eigenvalue weighted by molar-refractivity contribution is 7.90. The third-order valence-electron chi connectivity index (χ3n) is 4.53. The van der Waals surface area contributed by atoms with Gasteiger partial charge in [-0.1, -0.05) is 23.8 Å². The molecule has 1 aromatic rings. The van der Waals surface area contributed by atoms with E-state index in [1.54, 1.807) is 11.6 Å². The van der Waals surface area contributed by atoms with Gasteiger partial charge < -0.3 is 10.6 Å². The Balaban J connectivity index is 1.95. The number of aryl methyl sites for hydroxylation is 1. The summed E-state index contributed by atoms with van der Waals surface area (Å²) in [6.07, 6.45) is 9.74. The van der Waals surface area contributed by atoms with Crippen molar-refractivity contribution in [2.45, 2.75) is 57.4 Å². The van der Waals surface area contributed by atoms with Crippen LogP contribution < -0.4 is 10.6 Å². The van der Waals surface area contributed by atoms with Gasteiger partial charge in [-0.2, -0.15) is 0 Å². The molecule has 1 aliphatic rings. The minimum absolute atomic E-state index is 0.385. The molecular formula is C20H31N3O2S. The lowest BCUT2D eigenvalue weighted by Crippen LogP contribution is -2.37. The minimum atomic E-state index is -3.18. The van der Waals surface area contributed by atoms with Gasteiger partial charge in [-0.15, -0.1) is 0 Å². The van der Waals surface area contributed by atoms with Crippen molar-refractivity contribution in [3.63, 3.8) is 0 Å². The van der Waals surface area contributed by atoms with Crippen LogP contribution in [0.5, 0.6) is 0 Å². The van der Waals surface area contributed by atoms with E-state index in [9.17, 15) is 8.42 Å². The SMILES string of the molecule is CCNC(=NCc1ccc(S(C)(=O)=O)c(C)c1)NCCC1=CCCCC1. The molecule has 0 unspecified atom stereocenters. The molecule has 2 rings (SSSR count). The summed E-state index contributed by atoms with van der Waals surface area (Å²) >= 11 is 0. The summed E-state index contributed by atoms with van der Waals surface area (Å²) in [6, 6.07) is 5.41. The summed E-state index contributed by atoms with van der Waals surface area (Å²) < 4.78 is 23.4. The lowest BCUT2D eigenvalue weighted by Gasteiger charge is -2.15. The molecule has 144 valence electrons. The van der Waals surface area contributed by atoms with E-state index in [0.717, 1.165) is 36.6 Å². The molecule has 0 atom stereocenters. The summed E-state index contributed by atoms with van der Waals surface area (Å²) in [6.45, 7) is 6.07. The van der Waals surface area contributed by atoms with Gasteiger partial charge >= 0.3 is 0 Å². The molecule has 0 radical (unpaired) electrons. The second kappa shape index (κ2) is 9.76. The molecule has 6 heteroatoms. The summed E-state index contributed by atoms with van der Waals surface area (Å²) in [5.74, 6) is 0.800. The number of guanidine groups is 1. The van der Waals surface area contributed by atoms with Crippen molar-refractivity contribution in [3.05, 3.63) is 41.0 Å². The second-order valence-electron chi connectivity index (χ2n) is 6.85. The van der Waals surface area contributed by atoms with Crippen LogP contribution in [0.2, 0.25) is 0 Å². The van der Waals surface area contributed by atoms with Crippen LogP contribution in [0.15, 0.2) is 39.7 Å². The first kappa shape index (κ1) is 20.5. The van der Waals surface area contributed by atoms with Gasteiger partial charge in [0.1, 0.15) is 0 Å². The number of nitrogens with one attached hydrogen (secondary N) is 2. The van der Waals surface area contributed by atoms with E-state index in [4.69, 9.17) is 0 Å². The van der Waals surface area contributed by atoms with Crippen molar-refractivity contribution in [1.82, 2.24) is 10.6 Å². The van der Waals surface area contributed by atoms with Crippen LogP contribution >= 0.6 is 0 Å². The van der Waals surface area contributed by atoms with Crippen molar-refractivity contribution in [2.24, 2.45) is 4.99 Å². The predicted octanol–water partition coefficient (Wildman–Crippen LogP) is 3.34. The zero-order valence-electron chi connectivity index (χ0n) is 16.1. The molecule has 0 aromatic heterocycles. The number of hydrogen-bond donors (Lipinski definition) is 2. The van der Waals surface area contributed by atoms with Gasteiger partial charge in [0.25, 0.3) is 0 Å². The molecule has 0 amide bonds. The Hall–Kier alpha value is -1.82. The summed E-state index contributed by atoms with van der Waals surface area (Å²) in [5.41, 5.74) is 3.32. The lowest BCUT2D eigenvalue weighted by molar-refractivity contribution is 0.601. The monoisotopic (exact) mass is 377 g/mol. The van der Waals surface area contributed by atoms with Crippen molar-refractivity contribution in [3.8, 4) is 0 Å². The first-order chi connectivity index (χ1) is 12.4. The fourth-order valence-corrected chi connectivity index (χ4v) is 4.17. The normalized spacial score (nSPS) is 15.5. The molecule has 2 N–H and O–H groups in total. The van der Waals surface area contributed by atoms with Gasteiger partial charge in [0.15, 0.2) is 15.8 Å². The molecule has 26 heavy (non-hydrogen) atoms. The quantitative estimate of drug-likeness (QED) is 0.434. The number of benzene rings is 1. The molecule has 5 nitrogen and oxygen atoms in total. The van der Waals surface area contributed by atoms with E-state index in [2.05, 4.69) is 21.7 Å². The maximum absolute atomic E-state index is 11.7. The van der Waals surface area contributed by atoms with Gasteiger partial charge in [0.2, 0.25) is 0 Å². The van der Waals surface area contributed by atoms with Crippen LogP contribution in [0.1, 0.15) is 50.2 Å². The highest BCUT2D eigenvalue weighted by Crippen LogP contribution is 2.19. The number of hydrogen-bond acceptors (Lipinski definition) is 3. The maximum Gasteiger partial charge on any atom is 0.191 e. The van der Waals surface area contributed by atoms with Gasteiger partial charge in [-0.3, -0.25) is 0 Å². The highest BCUT2D eigenvalue weighted by Gasteiger charge is 2.10. The van der Waals surface area contributed by atoms with E-state index in [1.807, 2.05) is 26.0 Å². The first-order valence-corrected chi connectivity index (χ1v) is 11.3. The molecule has 0 saturated heterocycles. The lowest BCUT2D eigenvalue weighted by atomic mass is 9.97. The van der Waals surface area contributed by atoms with Crippen LogP contribution in [0.4, 0.5) is 0 Å². The molecule has 0 aliphatic heterocycles. The number of nitrogens with zero attached hydrogens (tertiary/aromatic N) is 1. The molecule has 1 aromatic carbocycles. The molecule has 0 fully saturated rings. The average Bonchev–Trinajstić information content (AvgIpc) is 2.59. The summed E-state index contributed by atoms with van der Waals surface area (Å²) in [4.78, 5) is 5.01. The van der Waals surface area contributed by atoms with Gasteiger partial charge in [0, 0.05) is 19.3 Å².